The van der Waals surface area contributed by atoms with E-state index < -0.39 is 0 Å². The first kappa shape index (κ1) is 17.8. The number of aromatic nitrogens is 2. The number of anilines is 1. The number of rotatable bonds is 6. The summed E-state index contributed by atoms with van der Waals surface area (Å²) in [6, 6.07) is 0.344. The molecule has 2 rings (SSSR count). The van der Waals surface area contributed by atoms with Gasteiger partial charge >= 0.3 is 0 Å². The molecule has 128 valence electrons. The lowest BCUT2D eigenvalue weighted by Crippen LogP contribution is -2.43. The van der Waals surface area contributed by atoms with Crippen molar-refractivity contribution in [2.45, 2.75) is 71.3 Å². The molecule has 0 spiro atoms. The second kappa shape index (κ2) is 8.38. The number of nitrogens with zero attached hydrogens (tertiary/aromatic N) is 3. The monoisotopic (exact) mass is 338 g/mol. The van der Waals surface area contributed by atoms with E-state index >= 15 is 0 Å². The summed E-state index contributed by atoms with van der Waals surface area (Å²) in [6.45, 7) is 7.01. The third kappa shape index (κ3) is 4.99. The molecule has 1 aromatic heterocycles. The van der Waals surface area contributed by atoms with Gasteiger partial charge < -0.3 is 10.2 Å². The molecule has 1 unspecified atom stereocenters. The van der Waals surface area contributed by atoms with E-state index in [1.54, 1.807) is 0 Å². The predicted octanol–water partition coefficient (Wildman–Crippen LogP) is 3.17. The number of piperidine rings is 1. The maximum atomic E-state index is 12.3. The van der Waals surface area contributed by atoms with Gasteiger partial charge in [-0.25, -0.2) is 0 Å². The van der Waals surface area contributed by atoms with Gasteiger partial charge in [0.05, 0.1) is 0 Å². The average molecular weight is 338 g/mol. The molecule has 1 saturated heterocycles. The molecule has 6 nitrogen and oxygen atoms in total. The van der Waals surface area contributed by atoms with Gasteiger partial charge in [0, 0.05) is 31.3 Å². The van der Waals surface area contributed by atoms with Crippen LogP contribution in [0.15, 0.2) is 0 Å². The van der Waals surface area contributed by atoms with Crippen LogP contribution in [-0.4, -0.2) is 39.5 Å². The molecule has 1 aliphatic heterocycles. The SMILES string of the molecule is CCC1CCCCN1C(=O)CCC(=O)Nc1nnc(C(C)C)s1. The van der Waals surface area contributed by atoms with Crippen molar-refractivity contribution in [3.05, 3.63) is 5.01 Å². The Balaban J connectivity index is 1.80. The molecule has 0 saturated carbocycles. The van der Waals surface area contributed by atoms with E-state index in [1.807, 2.05) is 18.7 Å². The van der Waals surface area contributed by atoms with Crippen molar-refractivity contribution in [1.29, 1.82) is 0 Å². The second-order valence-corrected chi connectivity index (χ2v) is 7.30. The third-order valence-corrected chi connectivity index (χ3v) is 5.30. The van der Waals surface area contributed by atoms with Crippen molar-refractivity contribution < 1.29 is 9.59 Å². The van der Waals surface area contributed by atoms with E-state index in [4.69, 9.17) is 0 Å². The summed E-state index contributed by atoms with van der Waals surface area (Å²) in [7, 11) is 0. The van der Waals surface area contributed by atoms with Crippen molar-refractivity contribution in [1.82, 2.24) is 15.1 Å². The summed E-state index contributed by atoms with van der Waals surface area (Å²) in [5.74, 6) is 0.214. The molecule has 7 heteroatoms. The maximum absolute atomic E-state index is 12.3. The lowest BCUT2D eigenvalue weighted by atomic mass is 9.99. The van der Waals surface area contributed by atoms with Gasteiger partial charge in [-0.2, -0.15) is 0 Å². The summed E-state index contributed by atoms with van der Waals surface area (Å²) in [5, 5.41) is 12.1. The first-order valence-corrected chi connectivity index (χ1v) is 9.25. The molecule has 1 N–H and O–H groups in total. The third-order valence-electron chi connectivity index (χ3n) is 4.17. The van der Waals surface area contributed by atoms with Gasteiger partial charge in [0.1, 0.15) is 5.01 Å². The van der Waals surface area contributed by atoms with Crippen LogP contribution in [-0.2, 0) is 9.59 Å². The van der Waals surface area contributed by atoms with Crippen molar-refractivity contribution >= 4 is 28.3 Å². The van der Waals surface area contributed by atoms with Gasteiger partial charge in [0.2, 0.25) is 16.9 Å². The van der Waals surface area contributed by atoms with Crippen LogP contribution in [0.3, 0.4) is 0 Å². The number of likely N-dealkylation sites (tertiary alicyclic amines) is 1. The Morgan fingerprint density at radius 3 is 2.74 bits per heavy atom. The zero-order chi connectivity index (χ0) is 16.8. The molecular weight excluding hydrogens is 312 g/mol. The summed E-state index contributed by atoms with van der Waals surface area (Å²) >= 11 is 1.39. The van der Waals surface area contributed by atoms with E-state index in [0.717, 1.165) is 30.8 Å². The fraction of sp³-hybridized carbons (Fsp3) is 0.750. The van der Waals surface area contributed by atoms with Crippen molar-refractivity contribution in [3.63, 3.8) is 0 Å². The molecule has 0 bridgehead atoms. The first-order chi connectivity index (χ1) is 11.0. The van der Waals surface area contributed by atoms with Crippen LogP contribution in [0.2, 0.25) is 0 Å². The van der Waals surface area contributed by atoms with Gasteiger partial charge in [-0.05, 0) is 25.7 Å². The van der Waals surface area contributed by atoms with Crippen LogP contribution in [0.4, 0.5) is 5.13 Å². The van der Waals surface area contributed by atoms with Crippen LogP contribution < -0.4 is 5.32 Å². The Kier molecular flexibility index (Phi) is 6.50. The van der Waals surface area contributed by atoms with Crippen LogP contribution in [0, 0.1) is 0 Å². The van der Waals surface area contributed by atoms with E-state index in [1.165, 1.54) is 17.8 Å². The zero-order valence-electron chi connectivity index (χ0n) is 14.2. The van der Waals surface area contributed by atoms with Crippen molar-refractivity contribution in [2.75, 3.05) is 11.9 Å². The van der Waals surface area contributed by atoms with Crippen molar-refractivity contribution in [3.8, 4) is 0 Å². The summed E-state index contributed by atoms with van der Waals surface area (Å²) in [4.78, 5) is 26.3. The van der Waals surface area contributed by atoms with Gasteiger partial charge in [-0.15, -0.1) is 10.2 Å². The van der Waals surface area contributed by atoms with Crippen LogP contribution in [0.1, 0.15) is 70.2 Å². The fourth-order valence-electron chi connectivity index (χ4n) is 2.82. The van der Waals surface area contributed by atoms with Crippen LogP contribution in [0.5, 0.6) is 0 Å². The Labute approximate surface area is 141 Å². The number of amides is 2. The molecular formula is C16H26N4O2S. The highest BCUT2D eigenvalue weighted by Crippen LogP contribution is 2.23. The van der Waals surface area contributed by atoms with Gasteiger partial charge in [-0.1, -0.05) is 32.1 Å². The molecule has 2 heterocycles. The molecule has 0 aromatic carbocycles. The number of carbonyl (C=O) groups excluding carboxylic acids is 2. The Morgan fingerprint density at radius 1 is 1.30 bits per heavy atom. The standard InChI is InChI=1S/C16H26N4O2S/c1-4-12-7-5-6-10-20(12)14(22)9-8-13(21)17-16-19-18-15(23-16)11(2)3/h11-12H,4-10H2,1-3H3,(H,17,19,21). The highest BCUT2D eigenvalue weighted by atomic mass is 32.1. The minimum Gasteiger partial charge on any atom is -0.340 e. The zero-order valence-corrected chi connectivity index (χ0v) is 15.0. The predicted molar refractivity (Wildman–Crippen MR) is 91.5 cm³/mol. The quantitative estimate of drug-likeness (QED) is 0.864. The van der Waals surface area contributed by atoms with E-state index in [-0.39, 0.29) is 24.7 Å². The van der Waals surface area contributed by atoms with Crippen LogP contribution in [0.25, 0.3) is 0 Å². The lowest BCUT2D eigenvalue weighted by Gasteiger charge is -2.35. The molecule has 0 aliphatic carbocycles. The van der Waals surface area contributed by atoms with Gasteiger partial charge in [0.25, 0.3) is 0 Å². The first-order valence-electron chi connectivity index (χ1n) is 8.44. The normalized spacial score (nSPS) is 18.3. The average Bonchev–Trinajstić information content (AvgIpc) is 3.01. The number of carbonyl (C=O) groups is 2. The largest absolute Gasteiger partial charge is 0.340 e. The minimum atomic E-state index is -0.171. The summed E-state index contributed by atoms with van der Waals surface area (Å²) < 4.78 is 0. The lowest BCUT2D eigenvalue weighted by molar-refractivity contribution is -0.136. The highest BCUT2D eigenvalue weighted by molar-refractivity contribution is 7.15. The van der Waals surface area contributed by atoms with Gasteiger partial charge in [0.15, 0.2) is 0 Å². The minimum absolute atomic E-state index is 0.0897. The number of hydrogen-bond donors (Lipinski definition) is 1. The molecule has 0 radical (unpaired) electrons. The van der Waals surface area contributed by atoms with Crippen molar-refractivity contribution in [2.24, 2.45) is 0 Å². The van der Waals surface area contributed by atoms with E-state index in [9.17, 15) is 9.59 Å². The summed E-state index contributed by atoms with van der Waals surface area (Å²) in [5.41, 5.74) is 0. The number of nitrogens with one attached hydrogen (secondary N) is 1. The molecule has 1 aromatic rings. The molecule has 1 fully saturated rings. The Morgan fingerprint density at radius 2 is 2.09 bits per heavy atom. The van der Waals surface area contributed by atoms with E-state index in [2.05, 4.69) is 22.4 Å². The van der Waals surface area contributed by atoms with E-state index in [0.29, 0.717) is 17.1 Å². The smallest absolute Gasteiger partial charge is 0.226 e. The number of hydrogen-bond acceptors (Lipinski definition) is 5. The topological polar surface area (TPSA) is 75.2 Å². The van der Waals surface area contributed by atoms with Gasteiger partial charge in [-0.3, -0.25) is 9.59 Å². The van der Waals surface area contributed by atoms with Crippen LogP contribution >= 0.6 is 11.3 Å². The summed E-state index contributed by atoms with van der Waals surface area (Å²) in [6.07, 6.45) is 4.79. The molecule has 23 heavy (non-hydrogen) atoms. The molecule has 2 amide bonds. The highest BCUT2D eigenvalue weighted by Gasteiger charge is 2.25. The maximum Gasteiger partial charge on any atom is 0.226 e. The fourth-order valence-corrected chi connectivity index (χ4v) is 3.58. The molecule has 1 atom stereocenters. The Hall–Kier alpha value is -1.50. The molecule has 1 aliphatic rings. The second-order valence-electron chi connectivity index (χ2n) is 6.29. The Bertz CT molecular complexity index is 544.